The lowest BCUT2D eigenvalue weighted by atomic mass is 9.69. The van der Waals surface area contributed by atoms with Crippen LogP contribution in [0.4, 0.5) is 11.4 Å². The summed E-state index contributed by atoms with van der Waals surface area (Å²) in [7, 11) is 1.74. The van der Waals surface area contributed by atoms with Crippen molar-refractivity contribution in [2.45, 2.75) is 46.7 Å². The fourth-order valence-corrected chi connectivity index (χ4v) is 5.92. The van der Waals surface area contributed by atoms with Crippen LogP contribution in [0.25, 0.3) is 10.9 Å². The lowest BCUT2D eigenvalue weighted by Crippen LogP contribution is -2.33. The van der Waals surface area contributed by atoms with Crippen molar-refractivity contribution in [3.63, 3.8) is 0 Å². The molecule has 4 aromatic rings. The van der Waals surface area contributed by atoms with Gasteiger partial charge in [0.05, 0.1) is 16.8 Å². The quantitative estimate of drug-likeness (QED) is 0.159. The Bertz CT molecular complexity index is 1610. The minimum atomic E-state index is -1.09. The first-order chi connectivity index (χ1) is 19.5. The van der Waals surface area contributed by atoms with Crippen molar-refractivity contribution in [3.8, 4) is 5.75 Å². The van der Waals surface area contributed by atoms with Gasteiger partial charge in [-0.05, 0) is 67.6 Å². The molecule has 0 amide bonds. The van der Waals surface area contributed by atoms with E-state index in [4.69, 9.17) is 16.3 Å². The van der Waals surface area contributed by atoms with Crippen LogP contribution >= 0.6 is 0 Å². The Hall–Kier alpha value is -4.14. The summed E-state index contributed by atoms with van der Waals surface area (Å²) in [6.45, 7) is 10.4. The summed E-state index contributed by atoms with van der Waals surface area (Å²) in [5, 5.41) is 12.9. The summed E-state index contributed by atoms with van der Waals surface area (Å²) in [5.74, 6) is 5.55. The molecule has 0 saturated carbocycles. The monoisotopic (exact) mass is 553 g/mol. The number of ether oxygens (including phenoxy) is 1. The SMILES string of the molecule is Cc1ccc(C(c2ccc(N(C)N)c(N)c2C)C(C)(C)C(=O)O)cc1CN1CCOc2c(ccc3cccnc23)C1. The first-order valence-corrected chi connectivity index (χ1v) is 13.9. The number of aryl methyl sites for hydroxylation is 1. The largest absolute Gasteiger partial charge is 0.490 e. The van der Waals surface area contributed by atoms with E-state index < -0.39 is 17.3 Å². The van der Waals surface area contributed by atoms with Gasteiger partial charge in [-0.2, -0.15) is 0 Å². The van der Waals surface area contributed by atoms with Crippen molar-refractivity contribution in [2.75, 3.05) is 30.9 Å². The first kappa shape index (κ1) is 28.4. The van der Waals surface area contributed by atoms with Crippen LogP contribution in [0.15, 0.2) is 60.8 Å². The highest BCUT2D eigenvalue weighted by molar-refractivity contribution is 5.85. The van der Waals surface area contributed by atoms with E-state index in [0.717, 1.165) is 63.1 Å². The van der Waals surface area contributed by atoms with Crippen LogP contribution in [-0.4, -0.2) is 41.2 Å². The molecular weight excluding hydrogens is 514 g/mol. The van der Waals surface area contributed by atoms with Crippen molar-refractivity contribution >= 4 is 28.2 Å². The van der Waals surface area contributed by atoms with Crippen molar-refractivity contribution in [2.24, 2.45) is 11.3 Å². The molecule has 41 heavy (non-hydrogen) atoms. The lowest BCUT2D eigenvalue weighted by molar-refractivity contribution is -0.147. The molecule has 3 aromatic carbocycles. The molecule has 0 spiro atoms. The van der Waals surface area contributed by atoms with Crippen molar-refractivity contribution < 1.29 is 14.6 Å². The van der Waals surface area contributed by atoms with E-state index in [1.54, 1.807) is 27.1 Å². The predicted molar refractivity (Wildman–Crippen MR) is 164 cm³/mol. The molecule has 214 valence electrons. The molecule has 8 heteroatoms. The van der Waals surface area contributed by atoms with Gasteiger partial charge in [0, 0.05) is 49.7 Å². The maximum Gasteiger partial charge on any atom is 0.310 e. The summed E-state index contributed by atoms with van der Waals surface area (Å²) in [6.07, 6.45) is 1.80. The van der Waals surface area contributed by atoms with E-state index in [1.165, 1.54) is 5.01 Å². The number of carbonyl (C=O) groups is 1. The number of hydrogen-bond acceptors (Lipinski definition) is 7. The summed E-state index contributed by atoms with van der Waals surface area (Å²) in [6, 6.07) is 18.3. The second-order valence-electron chi connectivity index (χ2n) is 11.7. The Kier molecular flexibility index (Phi) is 7.64. The third-order valence-corrected chi connectivity index (χ3v) is 8.46. The fraction of sp³-hybridized carbons (Fsp3) is 0.333. The van der Waals surface area contributed by atoms with E-state index in [2.05, 4.69) is 47.1 Å². The van der Waals surface area contributed by atoms with Crippen LogP contribution in [-0.2, 0) is 17.9 Å². The van der Waals surface area contributed by atoms with Crippen LogP contribution in [0.5, 0.6) is 5.75 Å². The van der Waals surface area contributed by atoms with Crippen molar-refractivity contribution in [1.82, 2.24) is 9.88 Å². The number of fused-ring (bicyclic) bond motifs is 3. The molecule has 1 atom stereocenters. The maximum atomic E-state index is 12.6. The minimum Gasteiger partial charge on any atom is -0.490 e. The highest BCUT2D eigenvalue weighted by Gasteiger charge is 2.40. The van der Waals surface area contributed by atoms with Crippen LogP contribution in [0.1, 0.15) is 53.1 Å². The topological polar surface area (TPSA) is 118 Å². The van der Waals surface area contributed by atoms with Gasteiger partial charge >= 0.3 is 5.97 Å². The van der Waals surface area contributed by atoms with Gasteiger partial charge in [-0.1, -0.05) is 42.5 Å². The van der Waals surface area contributed by atoms with Crippen LogP contribution < -0.4 is 21.3 Å². The number of anilines is 2. The Morgan fingerprint density at radius 2 is 1.95 bits per heavy atom. The van der Waals surface area contributed by atoms with E-state index in [1.807, 2.05) is 31.2 Å². The summed E-state index contributed by atoms with van der Waals surface area (Å²) >= 11 is 0. The zero-order chi connectivity index (χ0) is 29.5. The van der Waals surface area contributed by atoms with Crippen LogP contribution in [0, 0.1) is 19.3 Å². The number of nitrogen functional groups attached to an aromatic ring is 1. The molecule has 1 aromatic heterocycles. The number of aromatic nitrogens is 1. The Labute approximate surface area is 241 Å². The molecule has 0 aliphatic carbocycles. The Morgan fingerprint density at radius 1 is 1.17 bits per heavy atom. The smallest absolute Gasteiger partial charge is 0.310 e. The number of benzene rings is 3. The predicted octanol–water partition coefficient (Wildman–Crippen LogP) is 5.38. The molecule has 0 fully saturated rings. The van der Waals surface area contributed by atoms with Gasteiger partial charge in [0.1, 0.15) is 17.9 Å². The molecule has 5 rings (SSSR count). The second kappa shape index (κ2) is 11.0. The number of rotatable bonds is 7. The molecule has 2 heterocycles. The molecule has 0 radical (unpaired) electrons. The highest BCUT2D eigenvalue weighted by Crippen LogP contribution is 2.45. The van der Waals surface area contributed by atoms with Crippen molar-refractivity contribution in [1.29, 1.82) is 0 Å². The fourth-order valence-electron chi connectivity index (χ4n) is 5.92. The molecule has 0 saturated heterocycles. The number of carboxylic acid groups (broad SMARTS) is 1. The normalized spacial score (nSPS) is 14.7. The lowest BCUT2D eigenvalue weighted by Gasteiger charge is -2.34. The minimum absolute atomic E-state index is 0.426. The third kappa shape index (κ3) is 5.33. The van der Waals surface area contributed by atoms with E-state index >= 15 is 0 Å². The number of hydrogen-bond donors (Lipinski definition) is 3. The van der Waals surface area contributed by atoms with Gasteiger partial charge < -0.3 is 20.6 Å². The van der Waals surface area contributed by atoms with Gasteiger partial charge in [0.25, 0.3) is 0 Å². The summed E-state index contributed by atoms with van der Waals surface area (Å²) in [5.41, 5.74) is 13.6. The van der Waals surface area contributed by atoms with Gasteiger partial charge in [0.15, 0.2) is 0 Å². The van der Waals surface area contributed by atoms with Crippen LogP contribution in [0.3, 0.4) is 0 Å². The van der Waals surface area contributed by atoms with Gasteiger partial charge in [0.2, 0.25) is 0 Å². The molecule has 8 nitrogen and oxygen atoms in total. The number of aliphatic carboxylic acids is 1. The number of nitrogens with two attached hydrogens (primary N) is 2. The average molecular weight is 554 g/mol. The molecule has 5 N–H and O–H groups in total. The summed E-state index contributed by atoms with van der Waals surface area (Å²) in [4.78, 5) is 19.6. The summed E-state index contributed by atoms with van der Waals surface area (Å²) < 4.78 is 6.21. The zero-order valence-corrected chi connectivity index (χ0v) is 24.4. The van der Waals surface area contributed by atoms with Crippen molar-refractivity contribution in [3.05, 3.63) is 94.2 Å². The Balaban J connectivity index is 1.52. The number of pyridine rings is 1. The standard InChI is InChI=1S/C33H39N5O3/c1-20-8-9-23(28(33(3,4)32(39)40)26-12-13-27(37(5)35)29(34)21(26)2)17-25(20)19-38-15-16-41-31-24(18-38)11-10-22-7-6-14-36-30(22)31/h6-14,17,28H,15-16,18-19,34-35H2,1-5H3,(H,39,40). The number of nitrogens with zero attached hydrogens (tertiary/aromatic N) is 3. The van der Waals surface area contributed by atoms with E-state index in [9.17, 15) is 9.90 Å². The molecule has 1 aliphatic heterocycles. The van der Waals surface area contributed by atoms with Gasteiger partial charge in [-0.25, -0.2) is 5.84 Å². The molecular formula is C33H39N5O3. The number of hydrazine groups is 1. The zero-order valence-electron chi connectivity index (χ0n) is 24.4. The van der Waals surface area contributed by atoms with E-state index in [-0.39, 0.29) is 0 Å². The van der Waals surface area contributed by atoms with Gasteiger partial charge in [-0.3, -0.25) is 14.7 Å². The van der Waals surface area contributed by atoms with Gasteiger partial charge in [-0.15, -0.1) is 0 Å². The molecule has 0 bridgehead atoms. The highest BCUT2D eigenvalue weighted by atomic mass is 16.5. The third-order valence-electron chi connectivity index (χ3n) is 8.46. The second-order valence-corrected chi connectivity index (χ2v) is 11.7. The van der Waals surface area contributed by atoms with Crippen LogP contribution in [0.2, 0.25) is 0 Å². The Morgan fingerprint density at radius 3 is 2.68 bits per heavy atom. The molecule has 1 aliphatic rings. The first-order valence-electron chi connectivity index (χ1n) is 13.9. The number of carboxylic acids is 1. The van der Waals surface area contributed by atoms with E-state index in [0.29, 0.717) is 24.5 Å². The molecule has 1 unspecified atom stereocenters. The average Bonchev–Trinajstić information content (AvgIpc) is 3.14. The maximum absolute atomic E-state index is 12.6.